The first-order valence-electron chi connectivity index (χ1n) is 7.42. The van der Waals surface area contributed by atoms with Crippen LogP contribution in [0.2, 0.25) is 0 Å². The second kappa shape index (κ2) is 6.62. The Morgan fingerprint density at radius 1 is 1.26 bits per heavy atom. The van der Waals surface area contributed by atoms with Gasteiger partial charge in [0.15, 0.2) is 6.29 Å². The molecular weight excluding hydrogens is 294 g/mol. The van der Waals surface area contributed by atoms with Crippen LogP contribution in [-0.2, 0) is 16.1 Å². The lowest BCUT2D eigenvalue weighted by molar-refractivity contribution is -0.133. The summed E-state index contributed by atoms with van der Waals surface area (Å²) in [6, 6.07) is 13.7. The van der Waals surface area contributed by atoms with Gasteiger partial charge in [0.1, 0.15) is 24.1 Å². The minimum atomic E-state index is -0.531. The number of phenolic OH excluding ortho intramolecular Hbond substituents is 1. The van der Waals surface area contributed by atoms with Crippen molar-refractivity contribution < 1.29 is 19.4 Å². The highest BCUT2D eigenvalue weighted by atomic mass is 16.5. The Balaban J connectivity index is 1.67. The average molecular weight is 311 g/mol. The number of ketones is 1. The van der Waals surface area contributed by atoms with Crippen LogP contribution in [0.25, 0.3) is 0 Å². The number of fused-ring (bicyclic) bond motifs is 1. The van der Waals surface area contributed by atoms with Crippen molar-refractivity contribution in [3.8, 4) is 11.5 Å². The molecule has 23 heavy (non-hydrogen) atoms. The summed E-state index contributed by atoms with van der Waals surface area (Å²) in [4.78, 5) is 24.9. The Morgan fingerprint density at radius 3 is 2.87 bits per heavy atom. The molecule has 1 unspecified atom stereocenters. The normalized spacial score (nSPS) is 16.8. The van der Waals surface area contributed by atoms with E-state index in [0.29, 0.717) is 31.7 Å². The fourth-order valence-electron chi connectivity index (χ4n) is 2.91. The van der Waals surface area contributed by atoms with Gasteiger partial charge in [0.25, 0.3) is 0 Å². The van der Waals surface area contributed by atoms with Crippen LogP contribution in [0.3, 0.4) is 0 Å². The van der Waals surface area contributed by atoms with Crippen molar-refractivity contribution in [2.24, 2.45) is 0 Å². The van der Waals surface area contributed by atoms with Crippen LogP contribution in [0.4, 0.5) is 0 Å². The Morgan fingerprint density at radius 2 is 2.09 bits per heavy atom. The number of rotatable bonds is 6. The molecule has 0 aromatic heterocycles. The zero-order chi connectivity index (χ0) is 16.2. The van der Waals surface area contributed by atoms with E-state index in [1.165, 1.54) is 6.07 Å². The fourth-order valence-corrected chi connectivity index (χ4v) is 2.91. The lowest BCUT2D eigenvalue weighted by atomic mass is 10.0. The summed E-state index contributed by atoms with van der Waals surface area (Å²) in [6.07, 6.45) is 0.385. The Hall–Kier alpha value is -2.66. The van der Waals surface area contributed by atoms with Gasteiger partial charge < -0.3 is 9.84 Å². The van der Waals surface area contributed by atoms with E-state index in [2.05, 4.69) is 0 Å². The highest BCUT2D eigenvalue weighted by Gasteiger charge is 2.34. The second-order valence-corrected chi connectivity index (χ2v) is 5.44. The summed E-state index contributed by atoms with van der Waals surface area (Å²) in [5.74, 6) is 0.275. The molecule has 0 aliphatic carbocycles. The van der Waals surface area contributed by atoms with Crippen LogP contribution in [-0.4, -0.2) is 35.2 Å². The minimum Gasteiger partial charge on any atom is -0.508 e. The minimum absolute atomic E-state index is 0.144. The van der Waals surface area contributed by atoms with Crippen molar-refractivity contribution in [1.29, 1.82) is 0 Å². The Bertz CT molecular complexity index is 728. The molecule has 0 bridgehead atoms. The number of nitrogens with zero attached hydrogens (tertiary/aromatic N) is 1. The van der Waals surface area contributed by atoms with Gasteiger partial charge in [0, 0.05) is 19.2 Å². The summed E-state index contributed by atoms with van der Waals surface area (Å²) in [7, 11) is 0. The lowest BCUT2D eigenvalue weighted by Gasteiger charge is -2.22. The van der Waals surface area contributed by atoms with Crippen molar-refractivity contribution in [2.45, 2.75) is 12.6 Å². The number of aldehydes is 1. The molecule has 1 N–H and O–H groups in total. The van der Waals surface area contributed by atoms with Crippen LogP contribution in [0, 0.1) is 0 Å². The number of aromatic hydroxyl groups is 1. The first-order valence-corrected chi connectivity index (χ1v) is 7.42. The monoisotopic (exact) mass is 311 g/mol. The number of carbonyl (C=O) groups excluding carboxylic acids is 2. The molecule has 0 saturated heterocycles. The van der Waals surface area contributed by atoms with Crippen molar-refractivity contribution in [2.75, 3.05) is 13.2 Å². The number of hydrogen-bond donors (Lipinski definition) is 1. The van der Waals surface area contributed by atoms with E-state index in [9.17, 15) is 14.7 Å². The van der Waals surface area contributed by atoms with Crippen molar-refractivity contribution in [3.05, 3.63) is 59.7 Å². The third-order valence-electron chi connectivity index (χ3n) is 3.94. The first-order chi connectivity index (χ1) is 11.2. The molecule has 2 aromatic rings. The number of hydrogen-bond acceptors (Lipinski definition) is 5. The Kier molecular flexibility index (Phi) is 4.39. The smallest absolute Gasteiger partial charge is 0.216 e. The highest BCUT2D eigenvalue weighted by molar-refractivity contribution is 6.27. The molecule has 1 heterocycles. The maximum absolute atomic E-state index is 12.0. The number of benzene rings is 2. The second-order valence-electron chi connectivity index (χ2n) is 5.44. The lowest BCUT2D eigenvalue weighted by Crippen LogP contribution is -2.32. The SMILES string of the molecule is O=CC(=O)C1c2ccccc2CN1CCOc1cccc(O)c1. The third kappa shape index (κ3) is 3.24. The van der Waals surface area contributed by atoms with E-state index in [-0.39, 0.29) is 5.75 Å². The van der Waals surface area contributed by atoms with E-state index in [4.69, 9.17) is 4.74 Å². The quantitative estimate of drug-likeness (QED) is 0.653. The molecule has 3 rings (SSSR count). The molecule has 2 aromatic carbocycles. The van der Waals surface area contributed by atoms with Crippen molar-refractivity contribution in [3.63, 3.8) is 0 Å². The maximum atomic E-state index is 12.0. The average Bonchev–Trinajstić information content (AvgIpc) is 2.92. The van der Waals surface area contributed by atoms with Gasteiger partial charge in [-0.05, 0) is 23.3 Å². The maximum Gasteiger partial charge on any atom is 0.216 e. The van der Waals surface area contributed by atoms with Crippen molar-refractivity contribution in [1.82, 2.24) is 4.90 Å². The van der Waals surface area contributed by atoms with E-state index in [1.54, 1.807) is 18.2 Å². The molecule has 1 aliphatic heterocycles. The zero-order valence-electron chi connectivity index (χ0n) is 12.5. The van der Waals surface area contributed by atoms with E-state index in [0.717, 1.165) is 11.1 Å². The number of carbonyl (C=O) groups is 2. The summed E-state index contributed by atoms with van der Waals surface area (Å²) < 4.78 is 5.61. The topological polar surface area (TPSA) is 66.8 Å². The third-order valence-corrected chi connectivity index (χ3v) is 3.94. The van der Waals surface area contributed by atoms with Gasteiger partial charge in [-0.25, -0.2) is 0 Å². The molecule has 0 saturated carbocycles. The molecule has 1 aliphatic rings. The van der Waals surface area contributed by atoms with Gasteiger partial charge in [-0.3, -0.25) is 14.5 Å². The summed E-state index contributed by atoms with van der Waals surface area (Å²) >= 11 is 0. The molecule has 0 fully saturated rings. The number of phenols is 1. The fraction of sp³-hybridized carbons (Fsp3) is 0.222. The predicted molar refractivity (Wildman–Crippen MR) is 84.3 cm³/mol. The molecular formula is C18H17NO4. The molecule has 5 nitrogen and oxygen atoms in total. The molecule has 118 valence electrons. The number of Topliss-reactive ketones (excluding diaryl/α,β-unsaturated/α-hetero) is 1. The van der Waals surface area contributed by atoms with E-state index >= 15 is 0 Å². The molecule has 0 radical (unpaired) electrons. The van der Waals surface area contributed by atoms with Gasteiger partial charge in [0.05, 0.1) is 0 Å². The van der Waals surface area contributed by atoms with Gasteiger partial charge in [0.2, 0.25) is 5.78 Å². The van der Waals surface area contributed by atoms with Crippen LogP contribution in [0.15, 0.2) is 48.5 Å². The molecule has 0 spiro atoms. The predicted octanol–water partition coefficient (Wildman–Crippen LogP) is 2.10. The first kappa shape index (κ1) is 15.2. The molecule has 1 atom stereocenters. The number of ether oxygens (including phenoxy) is 1. The van der Waals surface area contributed by atoms with Gasteiger partial charge >= 0.3 is 0 Å². The summed E-state index contributed by atoms with van der Waals surface area (Å²) in [5.41, 5.74) is 1.95. The molecule has 0 amide bonds. The standard InChI is InChI=1S/C18H17NO4/c20-12-17(22)18-16-7-2-1-4-13(16)11-19(18)8-9-23-15-6-3-5-14(21)10-15/h1-7,10,12,18,21H,8-9,11H2. The van der Waals surface area contributed by atoms with E-state index in [1.807, 2.05) is 29.2 Å². The highest BCUT2D eigenvalue weighted by Crippen LogP contribution is 2.33. The van der Waals surface area contributed by atoms with Crippen LogP contribution in [0.1, 0.15) is 17.2 Å². The largest absolute Gasteiger partial charge is 0.508 e. The summed E-state index contributed by atoms with van der Waals surface area (Å²) in [6.45, 7) is 1.48. The van der Waals surface area contributed by atoms with Gasteiger partial charge in [-0.2, -0.15) is 0 Å². The van der Waals surface area contributed by atoms with E-state index < -0.39 is 11.8 Å². The molecule has 5 heteroatoms. The van der Waals surface area contributed by atoms with Crippen LogP contribution < -0.4 is 4.74 Å². The van der Waals surface area contributed by atoms with Gasteiger partial charge in [-0.1, -0.05) is 30.3 Å². The van der Waals surface area contributed by atoms with Crippen molar-refractivity contribution >= 4 is 12.1 Å². The van der Waals surface area contributed by atoms with Crippen LogP contribution in [0.5, 0.6) is 11.5 Å². The zero-order valence-corrected chi connectivity index (χ0v) is 12.5. The van der Waals surface area contributed by atoms with Gasteiger partial charge in [-0.15, -0.1) is 0 Å². The Labute approximate surface area is 134 Å². The van der Waals surface area contributed by atoms with Crippen LogP contribution >= 0.6 is 0 Å². The summed E-state index contributed by atoms with van der Waals surface area (Å²) in [5, 5.41) is 9.42.